The molecule has 0 spiro atoms. The Hall–Kier alpha value is -2.67. The van der Waals surface area contributed by atoms with Crippen LogP contribution in [0.5, 0.6) is 0 Å². The van der Waals surface area contributed by atoms with E-state index < -0.39 is 0 Å². The number of carbonyl (C=O) groups excluding carboxylic acids is 1. The SMILES string of the molecule is CC(C)(C)c1ccc(C=CC(=O)c2ccc3ccccc3c2)cc1. The smallest absolute Gasteiger partial charge is 0.185 e. The molecule has 0 saturated carbocycles. The summed E-state index contributed by atoms with van der Waals surface area (Å²) >= 11 is 0. The van der Waals surface area contributed by atoms with Crippen molar-refractivity contribution in [1.82, 2.24) is 0 Å². The maximum absolute atomic E-state index is 12.4. The molecule has 0 saturated heterocycles. The summed E-state index contributed by atoms with van der Waals surface area (Å²) in [6.07, 6.45) is 3.53. The maximum Gasteiger partial charge on any atom is 0.185 e. The lowest BCUT2D eigenvalue weighted by atomic mass is 9.87. The van der Waals surface area contributed by atoms with Gasteiger partial charge in [0, 0.05) is 5.56 Å². The molecule has 0 heterocycles. The molecule has 0 unspecified atom stereocenters. The fourth-order valence-electron chi connectivity index (χ4n) is 2.70. The fourth-order valence-corrected chi connectivity index (χ4v) is 2.70. The van der Waals surface area contributed by atoms with Crippen LogP contribution in [0, 0.1) is 0 Å². The monoisotopic (exact) mass is 314 g/mol. The molecule has 0 aliphatic rings. The van der Waals surface area contributed by atoms with Crippen molar-refractivity contribution in [2.24, 2.45) is 0 Å². The molecular formula is C23H22O. The molecule has 120 valence electrons. The molecule has 0 bridgehead atoms. The van der Waals surface area contributed by atoms with Crippen LogP contribution < -0.4 is 0 Å². The van der Waals surface area contributed by atoms with Crippen LogP contribution in [0.4, 0.5) is 0 Å². The van der Waals surface area contributed by atoms with Crippen molar-refractivity contribution < 1.29 is 4.79 Å². The van der Waals surface area contributed by atoms with Gasteiger partial charge in [0.2, 0.25) is 0 Å². The first-order valence-electron chi connectivity index (χ1n) is 8.25. The molecule has 0 amide bonds. The molecule has 1 heteroatoms. The first-order chi connectivity index (χ1) is 11.4. The van der Waals surface area contributed by atoms with Crippen LogP contribution in [0.15, 0.2) is 72.8 Å². The summed E-state index contributed by atoms with van der Waals surface area (Å²) in [6, 6.07) is 22.3. The zero-order valence-corrected chi connectivity index (χ0v) is 14.4. The molecule has 0 aliphatic carbocycles. The standard InChI is InChI=1S/C23H22O/c1-23(2,3)21-13-8-17(9-14-21)10-15-22(24)20-12-11-18-6-4-5-7-19(18)16-20/h4-16H,1-3H3. The third-order valence-electron chi connectivity index (χ3n) is 4.24. The predicted octanol–water partition coefficient (Wildman–Crippen LogP) is 6.03. The molecule has 0 fully saturated rings. The molecular weight excluding hydrogens is 292 g/mol. The van der Waals surface area contributed by atoms with Crippen molar-refractivity contribution in [2.45, 2.75) is 26.2 Å². The van der Waals surface area contributed by atoms with E-state index >= 15 is 0 Å². The van der Waals surface area contributed by atoms with Gasteiger partial charge in [0.25, 0.3) is 0 Å². The number of rotatable bonds is 3. The molecule has 3 rings (SSSR count). The minimum absolute atomic E-state index is 0.0284. The second kappa shape index (κ2) is 6.45. The van der Waals surface area contributed by atoms with Gasteiger partial charge in [-0.2, -0.15) is 0 Å². The lowest BCUT2D eigenvalue weighted by molar-refractivity contribution is 0.104. The average molecular weight is 314 g/mol. The van der Waals surface area contributed by atoms with Crippen molar-refractivity contribution in [3.63, 3.8) is 0 Å². The van der Waals surface area contributed by atoms with Gasteiger partial charge >= 0.3 is 0 Å². The van der Waals surface area contributed by atoms with Crippen LogP contribution in [0.25, 0.3) is 16.8 Å². The van der Waals surface area contributed by atoms with E-state index in [9.17, 15) is 4.79 Å². The zero-order chi connectivity index (χ0) is 17.2. The van der Waals surface area contributed by atoms with E-state index in [4.69, 9.17) is 0 Å². The Bertz CT molecular complexity index is 893. The number of hydrogen-bond donors (Lipinski definition) is 0. The molecule has 0 N–H and O–H groups in total. The average Bonchev–Trinajstić information content (AvgIpc) is 2.59. The Labute approximate surface area is 143 Å². The minimum Gasteiger partial charge on any atom is -0.289 e. The Balaban J connectivity index is 1.79. The maximum atomic E-state index is 12.4. The fraction of sp³-hybridized carbons (Fsp3) is 0.174. The summed E-state index contributed by atoms with van der Waals surface area (Å²) in [5, 5.41) is 2.24. The van der Waals surface area contributed by atoms with Gasteiger partial charge in [0.05, 0.1) is 0 Å². The van der Waals surface area contributed by atoms with E-state index in [1.165, 1.54) is 5.56 Å². The van der Waals surface area contributed by atoms with Crippen molar-refractivity contribution in [3.8, 4) is 0 Å². The second-order valence-electron chi connectivity index (χ2n) is 7.13. The highest BCUT2D eigenvalue weighted by Crippen LogP contribution is 2.22. The number of hydrogen-bond acceptors (Lipinski definition) is 1. The van der Waals surface area contributed by atoms with E-state index in [0.717, 1.165) is 21.9 Å². The summed E-state index contributed by atoms with van der Waals surface area (Å²) in [6.45, 7) is 6.59. The Morgan fingerprint density at radius 3 is 2.17 bits per heavy atom. The number of benzene rings is 3. The summed E-state index contributed by atoms with van der Waals surface area (Å²) in [5.41, 5.74) is 3.19. The van der Waals surface area contributed by atoms with E-state index in [1.54, 1.807) is 6.08 Å². The number of carbonyl (C=O) groups is 1. The van der Waals surface area contributed by atoms with Gasteiger partial charge in [-0.3, -0.25) is 4.79 Å². The normalized spacial score (nSPS) is 12.0. The summed E-state index contributed by atoms with van der Waals surface area (Å²) in [5.74, 6) is 0.0284. The van der Waals surface area contributed by atoms with Gasteiger partial charge in [-0.05, 0) is 39.5 Å². The van der Waals surface area contributed by atoms with Crippen LogP contribution in [0.1, 0.15) is 42.3 Å². The summed E-state index contributed by atoms with van der Waals surface area (Å²) < 4.78 is 0. The second-order valence-corrected chi connectivity index (χ2v) is 7.13. The van der Waals surface area contributed by atoms with Crippen LogP contribution in [0.2, 0.25) is 0 Å². The first-order valence-corrected chi connectivity index (χ1v) is 8.25. The van der Waals surface area contributed by atoms with Gasteiger partial charge in [-0.25, -0.2) is 0 Å². The van der Waals surface area contributed by atoms with Crippen LogP contribution >= 0.6 is 0 Å². The molecule has 0 aromatic heterocycles. The highest BCUT2D eigenvalue weighted by molar-refractivity contribution is 6.08. The Morgan fingerprint density at radius 2 is 1.50 bits per heavy atom. The first kappa shape index (κ1) is 16.2. The highest BCUT2D eigenvalue weighted by Gasteiger charge is 2.12. The lowest BCUT2D eigenvalue weighted by Crippen LogP contribution is -2.10. The molecule has 1 nitrogen and oxygen atoms in total. The van der Waals surface area contributed by atoms with Gasteiger partial charge in [-0.1, -0.05) is 87.5 Å². The van der Waals surface area contributed by atoms with Crippen LogP contribution in [0.3, 0.4) is 0 Å². The van der Waals surface area contributed by atoms with E-state index in [0.29, 0.717) is 0 Å². The van der Waals surface area contributed by atoms with E-state index in [1.807, 2.05) is 42.5 Å². The van der Waals surface area contributed by atoms with E-state index in [2.05, 4.69) is 51.1 Å². The molecule has 0 radical (unpaired) electrons. The Kier molecular flexibility index (Phi) is 4.35. The van der Waals surface area contributed by atoms with Gasteiger partial charge in [0.15, 0.2) is 5.78 Å². The zero-order valence-electron chi connectivity index (χ0n) is 14.4. The summed E-state index contributed by atoms with van der Waals surface area (Å²) in [7, 11) is 0. The molecule has 24 heavy (non-hydrogen) atoms. The number of allylic oxidation sites excluding steroid dienone is 1. The van der Waals surface area contributed by atoms with Crippen LogP contribution in [-0.2, 0) is 5.41 Å². The van der Waals surface area contributed by atoms with Gasteiger partial charge < -0.3 is 0 Å². The third-order valence-corrected chi connectivity index (χ3v) is 4.24. The minimum atomic E-state index is 0.0284. The number of fused-ring (bicyclic) bond motifs is 1. The van der Waals surface area contributed by atoms with Crippen molar-refractivity contribution >= 4 is 22.6 Å². The lowest BCUT2D eigenvalue weighted by Gasteiger charge is -2.18. The molecule has 3 aromatic carbocycles. The highest BCUT2D eigenvalue weighted by atomic mass is 16.1. The Morgan fingerprint density at radius 1 is 0.833 bits per heavy atom. The van der Waals surface area contributed by atoms with Crippen molar-refractivity contribution in [3.05, 3.63) is 89.5 Å². The molecule has 0 atom stereocenters. The van der Waals surface area contributed by atoms with Crippen molar-refractivity contribution in [1.29, 1.82) is 0 Å². The van der Waals surface area contributed by atoms with Gasteiger partial charge in [-0.15, -0.1) is 0 Å². The van der Waals surface area contributed by atoms with E-state index in [-0.39, 0.29) is 11.2 Å². The van der Waals surface area contributed by atoms with Crippen molar-refractivity contribution in [2.75, 3.05) is 0 Å². The summed E-state index contributed by atoms with van der Waals surface area (Å²) in [4.78, 5) is 12.4. The molecule has 0 aliphatic heterocycles. The van der Waals surface area contributed by atoms with Gasteiger partial charge in [0.1, 0.15) is 0 Å². The largest absolute Gasteiger partial charge is 0.289 e. The third kappa shape index (κ3) is 3.62. The molecule has 3 aromatic rings. The number of ketones is 1. The predicted molar refractivity (Wildman–Crippen MR) is 102 cm³/mol. The quantitative estimate of drug-likeness (QED) is 0.426. The van der Waals surface area contributed by atoms with Crippen LogP contribution in [-0.4, -0.2) is 5.78 Å². The topological polar surface area (TPSA) is 17.1 Å².